The molecule has 1 atom stereocenters. The minimum Gasteiger partial charge on any atom is -0.462 e. The van der Waals surface area contributed by atoms with Crippen LogP contribution in [0.3, 0.4) is 0 Å². The average Bonchev–Trinajstić information content (AvgIpc) is 3.42. The molecule has 0 aliphatic carbocycles. The Morgan fingerprint density at radius 1 is 0.250 bits per heavy atom. The van der Waals surface area contributed by atoms with Gasteiger partial charge in [0.25, 0.3) is 0 Å². The van der Waals surface area contributed by atoms with Crippen LogP contribution in [-0.2, 0) is 28.6 Å². The van der Waals surface area contributed by atoms with Gasteiger partial charge in [0.05, 0.1) is 0 Å². The Morgan fingerprint density at radius 3 is 0.658 bits per heavy atom. The van der Waals surface area contributed by atoms with Gasteiger partial charge in [0.1, 0.15) is 13.2 Å². The van der Waals surface area contributed by atoms with Crippen LogP contribution in [0.5, 0.6) is 0 Å². The van der Waals surface area contributed by atoms with Crippen LogP contribution in [0.2, 0.25) is 0 Å². The lowest BCUT2D eigenvalue weighted by Gasteiger charge is -2.18. The van der Waals surface area contributed by atoms with Gasteiger partial charge in [0.2, 0.25) is 0 Å². The predicted molar refractivity (Wildman–Crippen MR) is 330 cm³/mol. The van der Waals surface area contributed by atoms with Crippen LogP contribution in [0.15, 0.2) is 12.2 Å². The van der Waals surface area contributed by atoms with Gasteiger partial charge in [-0.3, -0.25) is 14.4 Å². The Labute approximate surface area is 475 Å². The van der Waals surface area contributed by atoms with Crippen molar-refractivity contribution in [2.75, 3.05) is 13.2 Å². The number of esters is 3. The molecular formula is C70H134O6. The zero-order valence-electron chi connectivity index (χ0n) is 51.8. The lowest BCUT2D eigenvalue weighted by molar-refractivity contribution is -0.167. The quantitative estimate of drug-likeness (QED) is 0.0261. The molecule has 0 amide bonds. The third kappa shape index (κ3) is 63.0. The molecule has 0 rings (SSSR count). The smallest absolute Gasteiger partial charge is 0.306 e. The van der Waals surface area contributed by atoms with E-state index in [9.17, 15) is 14.4 Å². The lowest BCUT2D eigenvalue weighted by Crippen LogP contribution is -2.30. The molecular weight excluding hydrogens is 937 g/mol. The first kappa shape index (κ1) is 74.2. The zero-order valence-corrected chi connectivity index (χ0v) is 51.8. The number of carbonyl (C=O) groups is 3. The van der Waals surface area contributed by atoms with Crippen molar-refractivity contribution in [3.63, 3.8) is 0 Å². The summed E-state index contributed by atoms with van der Waals surface area (Å²) in [5.74, 6) is -0.839. The molecule has 0 radical (unpaired) electrons. The Hall–Kier alpha value is -1.85. The molecule has 0 bridgehead atoms. The summed E-state index contributed by atoms with van der Waals surface area (Å²) in [6, 6.07) is 0. The first-order valence-electron chi connectivity index (χ1n) is 34.7. The van der Waals surface area contributed by atoms with Crippen LogP contribution < -0.4 is 0 Å². The Balaban J connectivity index is 4.08. The number of carbonyl (C=O) groups excluding carboxylic acids is 3. The fraction of sp³-hybridized carbons (Fsp3) is 0.929. The van der Waals surface area contributed by atoms with Crippen LogP contribution in [-0.4, -0.2) is 37.2 Å². The molecule has 0 aromatic heterocycles. The topological polar surface area (TPSA) is 78.9 Å². The first-order valence-corrected chi connectivity index (χ1v) is 34.7. The van der Waals surface area contributed by atoms with Crippen molar-refractivity contribution in [2.45, 2.75) is 406 Å². The second-order valence-corrected chi connectivity index (χ2v) is 23.8. The second kappa shape index (κ2) is 65.7. The van der Waals surface area contributed by atoms with E-state index in [0.29, 0.717) is 19.3 Å². The van der Waals surface area contributed by atoms with Crippen molar-refractivity contribution in [3.8, 4) is 0 Å². The van der Waals surface area contributed by atoms with E-state index >= 15 is 0 Å². The van der Waals surface area contributed by atoms with Crippen LogP contribution in [0, 0.1) is 0 Å². The van der Waals surface area contributed by atoms with Crippen molar-refractivity contribution < 1.29 is 28.6 Å². The van der Waals surface area contributed by atoms with Gasteiger partial charge in [0, 0.05) is 19.3 Å². The Morgan fingerprint density at radius 2 is 0.434 bits per heavy atom. The molecule has 0 heterocycles. The molecule has 0 aromatic rings. The molecule has 0 aliphatic rings. The molecule has 6 nitrogen and oxygen atoms in total. The van der Waals surface area contributed by atoms with E-state index in [1.54, 1.807) is 0 Å². The third-order valence-corrected chi connectivity index (χ3v) is 16.0. The van der Waals surface area contributed by atoms with Crippen LogP contribution in [0.4, 0.5) is 0 Å². The highest BCUT2D eigenvalue weighted by Gasteiger charge is 2.19. The summed E-state index contributed by atoms with van der Waals surface area (Å²) in [5.41, 5.74) is 0. The minimum atomic E-state index is -0.766. The third-order valence-electron chi connectivity index (χ3n) is 16.0. The first-order chi connectivity index (χ1) is 37.5. The largest absolute Gasteiger partial charge is 0.462 e. The predicted octanol–water partition coefficient (Wildman–Crippen LogP) is 23.6. The monoisotopic (exact) mass is 1070 g/mol. The second-order valence-electron chi connectivity index (χ2n) is 23.8. The maximum atomic E-state index is 12.9. The van der Waals surface area contributed by atoms with Crippen LogP contribution in [0.1, 0.15) is 400 Å². The Bertz CT molecular complexity index is 1180. The summed E-state index contributed by atoms with van der Waals surface area (Å²) < 4.78 is 16.9. The van der Waals surface area contributed by atoms with Gasteiger partial charge in [-0.25, -0.2) is 0 Å². The molecule has 6 heteroatoms. The maximum Gasteiger partial charge on any atom is 0.306 e. The summed E-state index contributed by atoms with van der Waals surface area (Å²) in [5, 5.41) is 0. The van der Waals surface area contributed by atoms with Gasteiger partial charge >= 0.3 is 17.9 Å². The number of allylic oxidation sites excluding steroid dienone is 2. The van der Waals surface area contributed by atoms with Gasteiger partial charge < -0.3 is 14.2 Å². The maximum absolute atomic E-state index is 12.9. The van der Waals surface area contributed by atoms with Crippen molar-refractivity contribution in [3.05, 3.63) is 12.2 Å². The van der Waals surface area contributed by atoms with Crippen LogP contribution in [0.25, 0.3) is 0 Å². The van der Waals surface area contributed by atoms with Crippen LogP contribution >= 0.6 is 0 Å². The summed E-state index contributed by atoms with van der Waals surface area (Å²) in [6.45, 7) is 6.70. The van der Waals surface area contributed by atoms with Gasteiger partial charge in [-0.2, -0.15) is 0 Å². The highest BCUT2D eigenvalue weighted by atomic mass is 16.6. The van der Waals surface area contributed by atoms with E-state index in [0.717, 1.165) is 57.8 Å². The molecule has 0 saturated heterocycles. The standard InChI is InChI=1S/C70H134O6/c1-4-7-10-13-16-19-21-23-25-27-29-31-32-33-34-35-36-37-39-40-42-44-46-48-51-54-57-60-63-69(72)75-66-67(65-74-68(71)62-59-56-53-50-18-15-12-9-6-3)76-70(73)64-61-58-55-52-49-47-45-43-41-38-30-28-26-24-22-20-17-14-11-8-5-2/h28,30,67H,4-27,29,31-66H2,1-3H3/b30-28-. The molecule has 0 N–H and O–H groups in total. The van der Waals surface area contributed by atoms with Gasteiger partial charge in [-0.1, -0.05) is 348 Å². The zero-order chi connectivity index (χ0) is 55.0. The van der Waals surface area contributed by atoms with E-state index in [4.69, 9.17) is 14.2 Å². The summed E-state index contributed by atoms with van der Waals surface area (Å²) in [6.07, 6.45) is 78.3. The molecule has 0 spiro atoms. The highest BCUT2D eigenvalue weighted by Crippen LogP contribution is 2.19. The SMILES string of the molecule is CCCCCCCCCC/C=C\CCCCCCCCCCCC(=O)OC(COC(=O)CCCCCCCCCCC)COC(=O)CCCCCCCCCCCCCCCCCCCCCCCCCCCCCC. The Kier molecular flexibility index (Phi) is 64.1. The van der Waals surface area contributed by atoms with Crippen molar-refractivity contribution in [1.82, 2.24) is 0 Å². The molecule has 76 heavy (non-hydrogen) atoms. The van der Waals surface area contributed by atoms with Gasteiger partial charge in [0.15, 0.2) is 6.10 Å². The van der Waals surface area contributed by atoms with Gasteiger partial charge in [-0.15, -0.1) is 0 Å². The van der Waals surface area contributed by atoms with E-state index in [-0.39, 0.29) is 31.1 Å². The lowest BCUT2D eigenvalue weighted by atomic mass is 10.0. The summed E-state index contributed by atoms with van der Waals surface area (Å²) in [4.78, 5) is 38.2. The summed E-state index contributed by atoms with van der Waals surface area (Å²) in [7, 11) is 0. The molecule has 1 unspecified atom stereocenters. The highest BCUT2D eigenvalue weighted by molar-refractivity contribution is 5.71. The molecule has 450 valence electrons. The van der Waals surface area contributed by atoms with E-state index in [2.05, 4.69) is 32.9 Å². The molecule has 0 fully saturated rings. The molecule has 0 aromatic carbocycles. The van der Waals surface area contributed by atoms with Crippen molar-refractivity contribution >= 4 is 17.9 Å². The number of rotatable bonds is 65. The normalized spacial score (nSPS) is 12.0. The fourth-order valence-electron chi connectivity index (χ4n) is 10.8. The number of hydrogen-bond acceptors (Lipinski definition) is 6. The fourth-order valence-corrected chi connectivity index (χ4v) is 10.8. The van der Waals surface area contributed by atoms with E-state index in [1.165, 1.54) is 302 Å². The molecule has 0 saturated carbocycles. The van der Waals surface area contributed by atoms with Crippen molar-refractivity contribution in [2.24, 2.45) is 0 Å². The number of unbranched alkanes of at least 4 members (excludes halogenated alkanes) is 52. The number of ether oxygens (including phenoxy) is 3. The van der Waals surface area contributed by atoms with Crippen molar-refractivity contribution in [1.29, 1.82) is 0 Å². The molecule has 0 aliphatic heterocycles. The summed E-state index contributed by atoms with van der Waals surface area (Å²) >= 11 is 0. The van der Waals surface area contributed by atoms with Gasteiger partial charge in [-0.05, 0) is 44.9 Å². The minimum absolute atomic E-state index is 0.0645. The van der Waals surface area contributed by atoms with E-state index < -0.39 is 6.10 Å². The number of hydrogen-bond donors (Lipinski definition) is 0. The van der Waals surface area contributed by atoms with E-state index in [1.807, 2.05) is 0 Å². The average molecular weight is 1070 g/mol.